The molecule has 3 N–H and O–H groups in total. The number of aromatic nitrogens is 3. The average molecular weight is 230 g/mol. The van der Waals surface area contributed by atoms with Crippen molar-refractivity contribution in [3.05, 3.63) is 30.0 Å². The van der Waals surface area contributed by atoms with Gasteiger partial charge in [-0.05, 0) is 19.1 Å². The number of nitrogens with one attached hydrogen (secondary N) is 1. The first-order chi connectivity index (χ1) is 7.74. The number of rotatable bonds is 1. The molecule has 80 valence electrons. The van der Waals surface area contributed by atoms with Gasteiger partial charge in [-0.1, -0.05) is 23.5 Å². The molecule has 5 heteroatoms. The summed E-state index contributed by atoms with van der Waals surface area (Å²) in [6.45, 7) is 1.94. The maximum Gasteiger partial charge on any atom is 0.180 e. The van der Waals surface area contributed by atoms with Crippen molar-refractivity contribution in [2.45, 2.75) is 6.92 Å². The van der Waals surface area contributed by atoms with Crippen LogP contribution in [0.5, 0.6) is 0 Å². The summed E-state index contributed by atoms with van der Waals surface area (Å²) < 4.78 is 0. The number of nitrogens with two attached hydrogens (primary N) is 1. The lowest BCUT2D eigenvalue weighted by molar-refractivity contribution is 1.25. The van der Waals surface area contributed by atoms with Gasteiger partial charge in [-0.2, -0.15) is 0 Å². The van der Waals surface area contributed by atoms with E-state index in [4.69, 9.17) is 5.73 Å². The zero-order chi connectivity index (χ0) is 11.1. The van der Waals surface area contributed by atoms with Gasteiger partial charge in [0.1, 0.15) is 0 Å². The van der Waals surface area contributed by atoms with Crippen LogP contribution in [0.1, 0.15) is 5.69 Å². The molecule has 0 aliphatic rings. The van der Waals surface area contributed by atoms with E-state index in [-0.39, 0.29) is 0 Å². The van der Waals surface area contributed by atoms with Gasteiger partial charge in [-0.25, -0.2) is 9.97 Å². The Morgan fingerprint density at radius 3 is 2.75 bits per heavy atom. The predicted octanol–water partition coefficient (Wildman–Crippen LogP) is 2.58. The third kappa shape index (κ3) is 1.37. The van der Waals surface area contributed by atoms with Crippen LogP contribution in [0.2, 0.25) is 0 Å². The number of nitrogen functional groups attached to an aromatic ring is 1. The maximum absolute atomic E-state index is 5.68. The monoisotopic (exact) mass is 230 g/mol. The molecule has 0 aliphatic heterocycles. The molecule has 3 aromatic rings. The molecule has 0 radical (unpaired) electrons. The Labute approximate surface area is 96.2 Å². The number of hydrogen-bond acceptors (Lipinski definition) is 4. The fraction of sp³-hybridized carbons (Fsp3) is 0.0909. The lowest BCUT2D eigenvalue weighted by Gasteiger charge is -1.89. The smallest absolute Gasteiger partial charge is 0.180 e. The molecule has 0 saturated heterocycles. The molecule has 2 aromatic heterocycles. The zero-order valence-corrected chi connectivity index (χ0v) is 9.51. The topological polar surface area (TPSA) is 67.6 Å². The lowest BCUT2D eigenvalue weighted by atomic mass is 10.3. The Bertz CT molecular complexity index is 620. The van der Waals surface area contributed by atoms with Gasteiger partial charge in [-0.3, -0.25) is 0 Å². The van der Waals surface area contributed by atoms with Crippen LogP contribution in [0.15, 0.2) is 24.3 Å². The highest BCUT2D eigenvalue weighted by atomic mass is 32.1. The van der Waals surface area contributed by atoms with Crippen LogP contribution in [0.3, 0.4) is 0 Å². The first-order valence-electron chi connectivity index (χ1n) is 4.92. The summed E-state index contributed by atoms with van der Waals surface area (Å²) in [5.41, 5.74) is 8.59. The molecule has 0 bridgehead atoms. The zero-order valence-electron chi connectivity index (χ0n) is 8.69. The largest absolute Gasteiger partial charge is 0.375 e. The van der Waals surface area contributed by atoms with Crippen LogP contribution in [0.25, 0.3) is 21.7 Å². The average Bonchev–Trinajstić information content (AvgIpc) is 2.81. The minimum Gasteiger partial charge on any atom is -0.375 e. The highest BCUT2D eigenvalue weighted by molar-refractivity contribution is 7.18. The van der Waals surface area contributed by atoms with Crippen LogP contribution in [0, 0.1) is 6.92 Å². The number of aryl methyl sites for hydroxylation is 1. The van der Waals surface area contributed by atoms with E-state index in [1.54, 1.807) is 0 Å². The highest BCUT2D eigenvalue weighted by Crippen LogP contribution is 2.30. The molecular formula is C11H10N4S. The maximum atomic E-state index is 5.68. The second kappa shape index (κ2) is 3.31. The van der Waals surface area contributed by atoms with E-state index in [2.05, 4.69) is 15.0 Å². The molecule has 0 fully saturated rings. The third-order valence-electron chi connectivity index (χ3n) is 2.42. The molecule has 0 amide bonds. The van der Waals surface area contributed by atoms with E-state index < -0.39 is 0 Å². The summed E-state index contributed by atoms with van der Waals surface area (Å²) in [5, 5.41) is 0.577. The molecular weight excluding hydrogens is 220 g/mol. The molecule has 4 nitrogen and oxygen atoms in total. The van der Waals surface area contributed by atoms with E-state index in [9.17, 15) is 0 Å². The van der Waals surface area contributed by atoms with E-state index >= 15 is 0 Å². The summed E-state index contributed by atoms with van der Waals surface area (Å²) in [5.74, 6) is 0.841. The van der Waals surface area contributed by atoms with Gasteiger partial charge in [0, 0.05) is 0 Å². The number of benzene rings is 1. The number of para-hydroxylation sites is 2. The number of anilines is 1. The third-order valence-corrected chi connectivity index (χ3v) is 3.41. The van der Waals surface area contributed by atoms with Gasteiger partial charge < -0.3 is 10.7 Å². The Morgan fingerprint density at radius 1 is 1.25 bits per heavy atom. The Morgan fingerprint density at radius 2 is 2.06 bits per heavy atom. The normalized spacial score (nSPS) is 11.1. The quantitative estimate of drug-likeness (QED) is 0.675. The number of H-pyrrole nitrogens is 1. The molecule has 0 saturated carbocycles. The molecule has 3 rings (SSSR count). The summed E-state index contributed by atoms with van der Waals surface area (Å²) in [7, 11) is 0. The highest BCUT2D eigenvalue weighted by Gasteiger charge is 2.11. The minimum absolute atomic E-state index is 0.577. The lowest BCUT2D eigenvalue weighted by Crippen LogP contribution is -1.81. The van der Waals surface area contributed by atoms with E-state index in [1.165, 1.54) is 11.3 Å². The Hall–Kier alpha value is -1.88. The first kappa shape index (κ1) is 9.35. The van der Waals surface area contributed by atoms with Gasteiger partial charge in [-0.15, -0.1) is 0 Å². The summed E-state index contributed by atoms with van der Waals surface area (Å²) in [6, 6.07) is 7.94. The van der Waals surface area contributed by atoms with E-state index in [0.717, 1.165) is 27.4 Å². The van der Waals surface area contributed by atoms with Crippen molar-refractivity contribution in [3.8, 4) is 10.7 Å². The van der Waals surface area contributed by atoms with Crippen molar-refractivity contribution in [3.63, 3.8) is 0 Å². The van der Waals surface area contributed by atoms with Crippen LogP contribution < -0.4 is 5.73 Å². The summed E-state index contributed by atoms with van der Waals surface area (Å²) >= 11 is 1.46. The van der Waals surface area contributed by atoms with Gasteiger partial charge in [0.2, 0.25) is 0 Å². The number of aromatic amines is 1. The minimum atomic E-state index is 0.577. The molecule has 1 aromatic carbocycles. The standard InChI is InChI=1S/C11H10N4S/c1-6-9(16-11(12)13-6)10-14-7-4-2-3-5-8(7)15-10/h2-5H,1H3,(H2,12,13)(H,14,15). The van der Waals surface area contributed by atoms with Crippen LogP contribution in [0.4, 0.5) is 5.13 Å². The number of nitrogens with zero attached hydrogens (tertiary/aromatic N) is 2. The Kier molecular flexibility index (Phi) is 1.94. The van der Waals surface area contributed by atoms with Gasteiger partial charge in [0.15, 0.2) is 11.0 Å². The van der Waals surface area contributed by atoms with E-state index in [1.807, 2.05) is 31.2 Å². The number of hydrogen-bond donors (Lipinski definition) is 2. The molecule has 0 atom stereocenters. The van der Waals surface area contributed by atoms with E-state index in [0.29, 0.717) is 5.13 Å². The summed E-state index contributed by atoms with van der Waals surface area (Å²) in [6.07, 6.45) is 0. The molecule has 0 unspecified atom stereocenters. The molecule has 0 spiro atoms. The van der Waals surface area contributed by atoms with Crippen LogP contribution in [-0.2, 0) is 0 Å². The second-order valence-corrected chi connectivity index (χ2v) is 4.60. The van der Waals surface area contributed by atoms with Gasteiger partial charge >= 0.3 is 0 Å². The van der Waals surface area contributed by atoms with Crippen LogP contribution in [-0.4, -0.2) is 15.0 Å². The fourth-order valence-electron chi connectivity index (χ4n) is 1.70. The number of fused-ring (bicyclic) bond motifs is 1. The number of imidazole rings is 1. The van der Waals surface area contributed by atoms with Crippen molar-refractivity contribution in [1.82, 2.24) is 15.0 Å². The van der Waals surface area contributed by atoms with Crippen molar-refractivity contribution in [2.75, 3.05) is 5.73 Å². The SMILES string of the molecule is Cc1nc(N)sc1-c1nc2ccccc2[nH]1. The second-order valence-electron chi connectivity index (χ2n) is 3.57. The van der Waals surface area contributed by atoms with Gasteiger partial charge in [0.05, 0.1) is 21.6 Å². The van der Waals surface area contributed by atoms with Crippen molar-refractivity contribution >= 4 is 27.5 Å². The predicted molar refractivity (Wildman–Crippen MR) is 66.4 cm³/mol. The Balaban J connectivity index is 2.22. The van der Waals surface area contributed by atoms with Crippen molar-refractivity contribution in [1.29, 1.82) is 0 Å². The molecule has 0 aliphatic carbocycles. The first-order valence-corrected chi connectivity index (χ1v) is 5.74. The van der Waals surface area contributed by atoms with Crippen LogP contribution >= 0.6 is 11.3 Å². The molecule has 2 heterocycles. The molecule has 16 heavy (non-hydrogen) atoms. The number of thiazole rings is 1. The van der Waals surface area contributed by atoms with Gasteiger partial charge in [0.25, 0.3) is 0 Å². The van der Waals surface area contributed by atoms with Crippen molar-refractivity contribution < 1.29 is 0 Å². The van der Waals surface area contributed by atoms with Crippen molar-refractivity contribution in [2.24, 2.45) is 0 Å². The fourth-order valence-corrected chi connectivity index (χ4v) is 2.48. The summed E-state index contributed by atoms with van der Waals surface area (Å²) in [4.78, 5) is 13.0.